The van der Waals surface area contributed by atoms with Crippen molar-refractivity contribution in [1.82, 2.24) is 0 Å². The van der Waals surface area contributed by atoms with Gasteiger partial charge < -0.3 is 5.11 Å². The van der Waals surface area contributed by atoms with Crippen molar-refractivity contribution >= 4 is 10.8 Å². The van der Waals surface area contributed by atoms with Gasteiger partial charge in [-0.25, -0.2) is 0 Å². The third kappa shape index (κ3) is 3.24. The summed E-state index contributed by atoms with van der Waals surface area (Å²) >= 11 is 0. The van der Waals surface area contributed by atoms with E-state index >= 15 is 0 Å². The topological polar surface area (TPSA) is 20.2 Å². The van der Waals surface area contributed by atoms with Crippen LogP contribution in [0.4, 0.5) is 0 Å². The normalized spacial score (nSPS) is 13.8. The zero-order valence-corrected chi connectivity index (χ0v) is 13.9. The number of benzene rings is 3. The molecule has 0 aliphatic heterocycles. The van der Waals surface area contributed by atoms with Crippen LogP contribution in [-0.4, -0.2) is 5.11 Å². The van der Waals surface area contributed by atoms with E-state index in [1.165, 1.54) is 16.5 Å². The van der Waals surface area contributed by atoms with Crippen molar-refractivity contribution in [3.05, 3.63) is 77.9 Å². The Morgan fingerprint density at radius 3 is 2.26 bits per heavy atom. The molecule has 0 bridgehead atoms. The second-order valence-corrected chi connectivity index (χ2v) is 6.37. The molecular weight excluding hydrogens is 280 g/mol. The number of phenolic OH excluding ortho intramolecular Hbond substituents is 1. The fourth-order valence-electron chi connectivity index (χ4n) is 3.56. The van der Waals surface area contributed by atoms with Crippen LogP contribution in [-0.2, 0) is 0 Å². The fraction of sp³-hybridized carbons (Fsp3) is 0.273. The molecule has 1 heteroatoms. The highest BCUT2D eigenvalue weighted by Gasteiger charge is 2.17. The first-order chi connectivity index (χ1) is 11.2. The van der Waals surface area contributed by atoms with Gasteiger partial charge in [0.2, 0.25) is 0 Å². The lowest BCUT2D eigenvalue weighted by Crippen LogP contribution is -2.04. The number of fused-ring (bicyclic) bond motifs is 1. The van der Waals surface area contributed by atoms with Crippen molar-refractivity contribution in [2.45, 2.75) is 38.5 Å². The van der Waals surface area contributed by atoms with Crippen LogP contribution in [0.15, 0.2) is 66.7 Å². The molecule has 3 aromatic rings. The van der Waals surface area contributed by atoms with E-state index in [0.29, 0.717) is 17.6 Å². The molecule has 0 saturated heterocycles. The molecule has 2 atom stereocenters. The summed E-state index contributed by atoms with van der Waals surface area (Å²) in [5, 5.41) is 12.2. The highest BCUT2D eigenvalue weighted by molar-refractivity contribution is 5.91. The van der Waals surface area contributed by atoms with E-state index in [0.717, 1.165) is 18.2 Å². The largest absolute Gasteiger partial charge is 0.507 e. The Labute approximate surface area is 138 Å². The summed E-state index contributed by atoms with van der Waals surface area (Å²) in [6, 6.07) is 22.8. The first-order valence-corrected chi connectivity index (χ1v) is 8.46. The highest BCUT2D eigenvalue weighted by Crippen LogP contribution is 2.36. The van der Waals surface area contributed by atoms with Crippen molar-refractivity contribution in [2.75, 3.05) is 0 Å². The van der Waals surface area contributed by atoms with Crippen molar-refractivity contribution in [2.24, 2.45) is 0 Å². The number of hydrogen-bond acceptors (Lipinski definition) is 1. The summed E-state index contributed by atoms with van der Waals surface area (Å²) in [7, 11) is 0. The van der Waals surface area contributed by atoms with Crippen molar-refractivity contribution in [1.29, 1.82) is 0 Å². The van der Waals surface area contributed by atoms with Crippen molar-refractivity contribution in [3.63, 3.8) is 0 Å². The van der Waals surface area contributed by atoms with Gasteiger partial charge in [-0.2, -0.15) is 0 Å². The molecule has 2 unspecified atom stereocenters. The van der Waals surface area contributed by atoms with Gasteiger partial charge in [0.1, 0.15) is 5.75 Å². The smallest absolute Gasteiger partial charge is 0.123 e. The summed E-state index contributed by atoms with van der Waals surface area (Å²) in [6.07, 6.45) is 2.26. The summed E-state index contributed by atoms with van der Waals surface area (Å²) in [5.41, 5.74) is 2.75. The predicted octanol–water partition coefficient (Wildman–Crippen LogP) is 6.23. The van der Waals surface area contributed by atoms with E-state index in [1.54, 1.807) is 6.07 Å². The van der Waals surface area contributed by atoms with Crippen LogP contribution in [0.25, 0.3) is 10.8 Å². The van der Waals surface area contributed by atoms with Gasteiger partial charge in [0.05, 0.1) is 0 Å². The van der Waals surface area contributed by atoms with Gasteiger partial charge in [-0.05, 0) is 47.3 Å². The van der Waals surface area contributed by atoms with E-state index in [-0.39, 0.29) is 0 Å². The molecule has 0 spiro atoms. The molecule has 23 heavy (non-hydrogen) atoms. The number of rotatable bonds is 5. The third-order valence-electron chi connectivity index (χ3n) is 4.87. The molecule has 3 rings (SSSR count). The number of aromatic hydroxyl groups is 1. The van der Waals surface area contributed by atoms with Crippen molar-refractivity contribution in [3.8, 4) is 5.75 Å². The summed E-state index contributed by atoms with van der Waals surface area (Å²) in [6.45, 7) is 4.56. The molecule has 0 saturated carbocycles. The monoisotopic (exact) mass is 304 g/mol. The Morgan fingerprint density at radius 1 is 0.826 bits per heavy atom. The summed E-state index contributed by atoms with van der Waals surface area (Å²) < 4.78 is 0. The van der Waals surface area contributed by atoms with Gasteiger partial charge >= 0.3 is 0 Å². The molecule has 0 radical (unpaired) electrons. The summed E-state index contributed by atoms with van der Waals surface area (Å²) in [5.74, 6) is 1.39. The van der Waals surface area contributed by atoms with Crippen LogP contribution >= 0.6 is 0 Å². The summed E-state index contributed by atoms with van der Waals surface area (Å²) in [4.78, 5) is 0. The molecule has 0 aliphatic carbocycles. The number of phenols is 1. The SMILES string of the molecule is CCC(CC(C)c1cccc2c(O)cccc12)c1ccccc1. The minimum atomic E-state index is 0.367. The molecule has 0 heterocycles. The quantitative estimate of drug-likeness (QED) is 0.592. The molecule has 0 fully saturated rings. The third-order valence-corrected chi connectivity index (χ3v) is 4.87. The second-order valence-electron chi connectivity index (χ2n) is 6.37. The van der Waals surface area contributed by atoms with E-state index in [1.807, 2.05) is 12.1 Å². The van der Waals surface area contributed by atoms with E-state index in [9.17, 15) is 5.11 Å². The van der Waals surface area contributed by atoms with Crippen LogP contribution in [0.2, 0.25) is 0 Å². The zero-order chi connectivity index (χ0) is 16.2. The second kappa shape index (κ2) is 6.87. The van der Waals surface area contributed by atoms with Gasteiger partial charge in [-0.1, -0.05) is 74.5 Å². The fourth-order valence-corrected chi connectivity index (χ4v) is 3.56. The molecule has 0 aliphatic rings. The van der Waals surface area contributed by atoms with Gasteiger partial charge in [0, 0.05) is 5.39 Å². The van der Waals surface area contributed by atoms with E-state index in [2.05, 4.69) is 62.4 Å². The van der Waals surface area contributed by atoms with Gasteiger partial charge in [0.25, 0.3) is 0 Å². The maximum atomic E-state index is 10.1. The lowest BCUT2D eigenvalue weighted by Gasteiger charge is -2.22. The predicted molar refractivity (Wildman–Crippen MR) is 98.1 cm³/mol. The van der Waals surface area contributed by atoms with Crippen LogP contribution < -0.4 is 0 Å². The first kappa shape index (κ1) is 15.6. The van der Waals surface area contributed by atoms with Crippen LogP contribution in [0, 0.1) is 0 Å². The molecule has 0 aromatic heterocycles. The van der Waals surface area contributed by atoms with E-state index in [4.69, 9.17) is 0 Å². The molecular formula is C22H24O. The van der Waals surface area contributed by atoms with E-state index < -0.39 is 0 Å². The first-order valence-electron chi connectivity index (χ1n) is 8.46. The number of hydrogen-bond donors (Lipinski definition) is 1. The van der Waals surface area contributed by atoms with Crippen molar-refractivity contribution < 1.29 is 5.11 Å². The molecule has 118 valence electrons. The maximum Gasteiger partial charge on any atom is 0.123 e. The molecule has 3 aromatic carbocycles. The Hall–Kier alpha value is -2.28. The van der Waals surface area contributed by atoms with Gasteiger partial charge in [0.15, 0.2) is 0 Å². The molecule has 1 N–H and O–H groups in total. The Bertz CT molecular complexity index is 776. The van der Waals surface area contributed by atoms with Crippen LogP contribution in [0.1, 0.15) is 49.7 Å². The lowest BCUT2D eigenvalue weighted by atomic mass is 9.83. The Morgan fingerprint density at radius 2 is 1.52 bits per heavy atom. The maximum absolute atomic E-state index is 10.1. The minimum Gasteiger partial charge on any atom is -0.507 e. The average Bonchev–Trinajstić information content (AvgIpc) is 2.60. The van der Waals surface area contributed by atoms with Gasteiger partial charge in [-0.15, -0.1) is 0 Å². The minimum absolute atomic E-state index is 0.367. The average molecular weight is 304 g/mol. The Balaban J connectivity index is 1.91. The van der Waals surface area contributed by atoms with Crippen LogP contribution in [0.5, 0.6) is 5.75 Å². The molecule has 0 amide bonds. The zero-order valence-electron chi connectivity index (χ0n) is 13.9. The van der Waals surface area contributed by atoms with Crippen LogP contribution in [0.3, 0.4) is 0 Å². The molecule has 1 nitrogen and oxygen atoms in total. The standard InChI is InChI=1S/C22H24O/c1-3-17(18-9-5-4-6-10-18)15-16(2)19-11-7-13-21-20(19)12-8-14-22(21)23/h4-14,16-17,23H,3,15H2,1-2H3. The Kier molecular flexibility index (Phi) is 4.66. The van der Waals surface area contributed by atoms with Gasteiger partial charge in [-0.3, -0.25) is 0 Å². The lowest BCUT2D eigenvalue weighted by molar-refractivity contribution is 0.481. The highest BCUT2D eigenvalue weighted by atomic mass is 16.3.